The summed E-state index contributed by atoms with van der Waals surface area (Å²) in [6.07, 6.45) is 9.09. The fraction of sp³-hybridized carbons (Fsp3) is 0.636. The van der Waals surface area contributed by atoms with Crippen LogP contribution in [0.25, 0.3) is 0 Å². The summed E-state index contributed by atoms with van der Waals surface area (Å²) in [5.74, 6) is 0.733. The van der Waals surface area contributed by atoms with Gasteiger partial charge in [-0.05, 0) is 50.5 Å². The van der Waals surface area contributed by atoms with Crippen molar-refractivity contribution in [1.29, 1.82) is 0 Å². The van der Waals surface area contributed by atoms with Crippen LogP contribution in [0.2, 0.25) is 0 Å². The number of rotatable bonds is 5. The van der Waals surface area contributed by atoms with E-state index in [4.69, 9.17) is 0 Å². The van der Waals surface area contributed by atoms with Crippen LogP contribution >= 0.6 is 0 Å². The maximum atomic E-state index is 12.7. The minimum absolute atomic E-state index is 0.0824. The second kappa shape index (κ2) is 9.75. The van der Waals surface area contributed by atoms with Crippen molar-refractivity contribution in [3.05, 3.63) is 35.9 Å². The van der Waals surface area contributed by atoms with E-state index in [1.165, 1.54) is 18.4 Å². The molecule has 0 spiro atoms. The molecule has 4 nitrogen and oxygen atoms in total. The molecule has 1 N–H and O–H groups in total. The Balaban J connectivity index is 1.38. The van der Waals surface area contributed by atoms with E-state index in [2.05, 4.69) is 22.3 Å². The smallest absolute Gasteiger partial charge is 0.225 e. The van der Waals surface area contributed by atoms with Crippen LogP contribution in [0.4, 0.5) is 0 Å². The minimum atomic E-state index is 0.0824. The molecule has 1 aromatic rings. The van der Waals surface area contributed by atoms with Gasteiger partial charge in [-0.15, -0.1) is 0 Å². The maximum absolute atomic E-state index is 12.7. The number of nitrogens with zero attached hydrogens (tertiary/aromatic N) is 1. The van der Waals surface area contributed by atoms with Gasteiger partial charge in [0, 0.05) is 31.5 Å². The summed E-state index contributed by atoms with van der Waals surface area (Å²) >= 11 is 0. The minimum Gasteiger partial charge on any atom is -0.356 e. The lowest BCUT2D eigenvalue weighted by Gasteiger charge is -2.31. The molecule has 4 heteroatoms. The first-order valence-electron chi connectivity index (χ1n) is 10.3. The van der Waals surface area contributed by atoms with Crippen LogP contribution in [0.15, 0.2) is 30.3 Å². The number of nitrogens with one attached hydrogen (secondary N) is 1. The lowest BCUT2D eigenvalue weighted by molar-refractivity contribution is -0.138. The highest BCUT2D eigenvalue weighted by atomic mass is 16.2. The highest BCUT2D eigenvalue weighted by Crippen LogP contribution is 2.30. The summed E-state index contributed by atoms with van der Waals surface area (Å²) in [5.41, 5.74) is 1.25. The largest absolute Gasteiger partial charge is 0.356 e. The third-order valence-corrected chi connectivity index (χ3v) is 5.92. The molecule has 1 aromatic carbocycles. The molecule has 1 aliphatic heterocycles. The summed E-state index contributed by atoms with van der Waals surface area (Å²) in [6, 6.07) is 10.2. The Hall–Kier alpha value is -1.84. The number of benzene rings is 1. The lowest BCUT2D eigenvalue weighted by Crippen LogP contribution is -2.40. The highest BCUT2D eigenvalue weighted by Gasteiger charge is 2.32. The van der Waals surface area contributed by atoms with Gasteiger partial charge >= 0.3 is 0 Å². The Labute approximate surface area is 157 Å². The van der Waals surface area contributed by atoms with Crippen molar-refractivity contribution < 1.29 is 9.59 Å². The number of hydrogen-bond acceptors (Lipinski definition) is 2. The number of carbonyl (C=O) groups is 2. The van der Waals surface area contributed by atoms with Gasteiger partial charge in [-0.3, -0.25) is 9.59 Å². The standard InChI is InChI=1S/C22H32N2O2/c25-21(23-15-14-18-8-4-3-5-9-18)19-10-12-20(13-11-19)22(26)24-16-6-1-2-7-17-24/h3-5,8-9,19-20H,1-2,6-7,10-17H2,(H,23,25). The summed E-state index contributed by atoms with van der Waals surface area (Å²) in [7, 11) is 0. The van der Waals surface area contributed by atoms with Crippen molar-refractivity contribution in [2.75, 3.05) is 19.6 Å². The molecule has 2 fully saturated rings. The van der Waals surface area contributed by atoms with Crippen LogP contribution in [-0.2, 0) is 16.0 Å². The zero-order chi connectivity index (χ0) is 18.2. The van der Waals surface area contributed by atoms with Crippen LogP contribution in [-0.4, -0.2) is 36.3 Å². The van der Waals surface area contributed by atoms with Crippen molar-refractivity contribution in [3.63, 3.8) is 0 Å². The van der Waals surface area contributed by atoms with Gasteiger partial charge in [-0.1, -0.05) is 43.2 Å². The number of carbonyl (C=O) groups excluding carboxylic acids is 2. The summed E-state index contributed by atoms with van der Waals surface area (Å²) in [5, 5.41) is 3.08. The average Bonchev–Trinajstić information content (AvgIpc) is 2.98. The van der Waals surface area contributed by atoms with Gasteiger partial charge in [-0.25, -0.2) is 0 Å². The molecule has 1 saturated heterocycles. The van der Waals surface area contributed by atoms with Crippen molar-refractivity contribution in [2.45, 2.75) is 57.8 Å². The predicted molar refractivity (Wildman–Crippen MR) is 104 cm³/mol. The van der Waals surface area contributed by atoms with E-state index in [0.29, 0.717) is 12.5 Å². The molecule has 2 amide bonds. The third kappa shape index (κ3) is 5.33. The molecule has 0 atom stereocenters. The number of amides is 2. The van der Waals surface area contributed by atoms with E-state index in [-0.39, 0.29) is 17.7 Å². The second-order valence-corrected chi connectivity index (χ2v) is 7.81. The Morgan fingerprint density at radius 3 is 2.15 bits per heavy atom. The molecule has 1 heterocycles. The van der Waals surface area contributed by atoms with Crippen LogP contribution in [0.5, 0.6) is 0 Å². The van der Waals surface area contributed by atoms with E-state index in [1.807, 2.05) is 18.2 Å². The van der Waals surface area contributed by atoms with Gasteiger partial charge in [0.25, 0.3) is 0 Å². The van der Waals surface area contributed by atoms with E-state index >= 15 is 0 Å². The molecule has 0 unspecified atom stereocenters. The van der Waals surface area contributed by atoms with Crippen molar-refractivity contribution in [3.8, 4) is 0 Å². The molecular weight excluding hydrogens is 324 g/mol. The first-order chi connectivity index (χ1) is 12.7. The summed E-state index contributed by atoms with van der Waals surface area (Å²) in [6.45, 7) is 2.55. The fourth-order valence-corrected chi connectivity index (χ4v) is 4.27. The van der Waals surface area contributed by atoms with Gasteiger partial charge in [0.2, 0.25) is 11.8 Å². The van der Waals surface area contributed by atoms with Crippen LogP contribution in [0, 0.1) is 11.8 Å². The predicted octanol–water partition coefficient (Wildman–Crippen LogP) is 3.55. The molecule has 0 bridgehead atoms. The van der Waals surface area contributed by atoms with Crippen molar-refractivity contribution in [2.24, 2.45) is 11.8 Å². The van der Waals surface area contributed by atoms with E-state index < -0.39 is 0 Å². The molecule has 0 aromatic heterocycles. The van der Waals surface area contributed by atoms with Gasteiger partial charge in [0.05, 0.1) is 0 Å². The molecule has 3 rings (SSSR count). The first kappa shape index (κ1) is 18.9. The number of likely N-dealkylation sites (tertiary alicyclic amines) is 1. The maximum Gasteiger partial charge on any atom is 0.225 e. The summed E-state index contributed by atoms with van der Waals surface area (Å²) in [4.78, 5) is 27.2. The molecule has 2 aliphatic rings. The fourth-order valence-electron chi connectivity index (χ4n) is 4.27. The zero-order valence-corrected chi connectivity index (χ0v) is 15.8. The monoisotopic (exact) mass is 356 g/mol. The quantitative estimate of drug-likeness (QED) is 0.877. The average molecular weight is 357 g/mol. The third-order valence-electron chi connectivity index (χ3n) is 5.92. The molecule has 0 radical (unpaired) electrons. The normalized spacial score (nSPS) is 23.9. The van der Waals surface area contributed by atoms with Gasteiger partial charge in [0.1, 0.15) is 0 Å². The summed E-state index contributed by atoms with van der Waals surface area (Å²) < 4.78 is 0. The second-order valence-electron chi connectivity index (χ2n) is 7.81. The highest BCUT2D eigenvalue weighted by molar-refractivity contribution is 5.81. The Kier molecular flexibility index (Phi) is 7.10. The van der Waals surface area contributed by atoms with Gasteiger partial charge < -0.3 is 10.2 Å². The van der Waals surface area contributed by atoms with E-state index in [1.54, 1.807) is 0 Å². The van der Waals surface area contributed by atoms with Gasteiger partial charge in [0.15, 0.2) is 0 Å². The van der Waals surface area contributed by atoms with E-state index in [9.17, 15) is 9.59 Å². The van der Waals surface area contributed by atoms with E-state index in [0.717, 1.165) is 58.0 Å². The Morgan fingerprint density at radius 1 is 0.885 bits per heavy atom. The van der Waals surface area contributed by atoms with Crippen molar-refractivity contribution in [1.82, 2.24) is 10.2 Å². The first-order valence-corrected chi connectivity index (χ1v) is 10.3. The molecule has 142 valence electrons. The number of hydrogen-bond donors (Lipinski definition) is 1. The molecule has 1 saturated carbocycles. The molecular formula is C22H32N2O2. The Morgan fingerprint density at radius 2 is 1.50 bits per heavy atom. The van der Waals surface area contributed by atoms with Crippen LogP contribution < -0.4 is 5.32 Å². The molecule has 26 heavy (non-hydrogen) atoms. The van der Waals surface area contributed by atoms with Crippen LogP contribution in [0.1, 0.15) is 56.9 Å². The lowest BCUT2D eigenvalue weighted by atomic mass is 9.81. The van der Waals surface area contributed by atoms with Gasteiger partial charge in [-0.2, -0.15) is 0 Å². The molecule has 1 aliphatic carbocycles. The van der Waals surface area contributed by atoms with Crippen LogP contribution in [0.3, 0.4) is 0 Å². The topological polar surface area (TPSA) is 49.4 Å². The SMILES string of the molecule is O=C(NCCc1ccccc1)C1CCC(C(=O)N2CCCCCC2)CC1. The van der Waals surface area contributed by atoms with Crippen molar-refractivity contribution >= 4 is 11.8 Å². The zero-order valence-electron chi connectivity index (χ0n) is 15.8. The Bertz CT molecular complexity index is 571.